The molecule has 0 bridgehead atoms. The number of thiophene rings is 1. The van der Waals surface area contributed by atoms with Crippen molar-refractivity contribution in [1.82, 2.24) is 19.5 Å². The van der Waals surface area contributed by atoms with Gasteiger partial charge in [0.05, 0.1) is 11.0 Å². The van der Waals surface area contributed by atoms with Crippen LogP contribution in [0.4, 0.5) is 0 Å². The molecule has 3 aromatic heterocycles. The zero-order valence-corrected chi connectivity index (χ0v) is 38.6. The molecular formula is C65H40N4S. The number of aromatic nitrogens is 4. The molecule has 0 aliphatic heterocycles. The average molecular weight is 909 g/mol. The zero-order chi connectivity index (χ0) is 46.1. The Morgan fingerprint density at radius 3 is 1.51 bits per heavy atom. The van der Waals surface area contributed by atoms with E-state index in [-0.39, 0.29) is 0 Å². The molecule has 14 aromatic rings. The fraction of sp³-hybridized carbons (Fsp3) is 0. The summed E-state index contributed by atoms with van der Waals surface area (Å²) in [5, 5.41) is 9.78. The third-order valence-corrected chi connectivity index (χ3v) is 15.0. The predicted molar refractivity (Wildman–Crippen MR) is 295 cm³/mol. The van der Waals surface area contributed by atoms with Crippen LogP contribution >= 0.6 is 11.3 Å². The van der Waals surface area contributed by atoms with Gasteiger partial charge in [0.15, 0.2) is 17.5 Å². The van der Waals surface area contributed by atoms with E-state index in [0.29, 0.717) is 17.5 Å². The lowest BCUT2D eigenvalue weighted by Gasteiger charge is -2.17. The van der Waals surface area contributed by atoms with Crippen molar-refractivity contribution in [2.24, 2.45) is 0 Å². The van der Waals surface area contributed by atoms with Crippen molar-refractivity contribution in [3.05, 3.63) is 243 Å². The second-order valence-corrected chi connectivity index (χ2v) is 19.0. The van der Waals surface area contributed by atoms with Gasteiger partial charge >= 0.3 is 0 Å². The molecule has 0 unspecified atom stereocenters. The highest BCUT2D eigenvalue weighted by molar-refractivity contribution is 7.26. The van der Waals surface area contributed by atoms with E-state index >= 15 is 0 Å². The Hall–Kier alpha value is -9.03. The van der Waals surface area contributed by atoms with Crippen LogP contribution in [0.25, 0.3) is 137 Å². The highest BCUT2D eigenvalue weighted by Crippen LogP contribution is 2.47. The lowest BCUT2D eigenvalue weighted by atomic mass is 9.91. The number of nitrogens with zero attached hydrogens (tertiary/aromatic N) is 4. The highest BCUT2D eigenvalue weighted by Gasteiger charge is 2.23. The maximum atomic E-state index is 5.43. The molecule has 0 saturated heterocycles. The van der Waals surface area contributed by atoms with E-state index in [9.17, 15) is 0 Å². The fourth-order valence-electron chi connectivity index (χ4n) is 10.4. The van der Waals surface area contributed by atoms with Crippen LogP contribution in [0.1, 0.15) is 0 Å². The van der Waals surface area contributed by atoms with Gasteiger partial charge in [-0.3, -0.25) is 0 Å². The molecule has 0 aliphatic rings. The van der Waals surface area contributed by atoms with Gasteiger partial charge < -0.3 is 4.57 Å². The Labute approximate surface area is 408 Å². The molecule has 0 N–H and O–H groups in total. The Balaban J connectivity index is 1.00. The SMILES string of the molecule is c1ccc(-c2ccc(-c3ccc(-c4nc(-c5ccccc5)nc(-c5ccc(-n6c7ccccc7c7cc8ccccc8cc76)cc5-c5cc6ccccc6c6sc7ccccc7c56)n4)cc3)cc2)cc1. The number of benzene rings is 11. The molecular weight excluding hydrogens is 869 g/mol. The summed E-state index contributed by atoms with van der Waals surface area (Å²) in [5.74, 6) is 1.85. The van der Waals surface area contributed by atoms with Crippen molar-refractivity contribution < 1.29 is 0 Å². The minimum atomic E-state index is 0.611. The van der Waals surface area contributed by atoms with E-state index in [0.717, 1.165) is 55.7 Å². The van der Waals surface area contributed by atoms with Gasteiger partial charge in [-0.15, -0.1) is 11.3 Å². The van der Waals surface area contributed by atoms with Gasteiger partial charge in [0, 0.05) is 53.3 Å². The van der Waals surface area contributed by atoms with Gasteiger partial charge in [-0.25, -0.2) is 15.0 Å². The van der Waals surface area contributed by atoms with E-state index in [1.807, 2.05) is 29.5 Å². The Kier molecular flexibility index (Phi) is 9.36. The normalized spacial score (nSPS) is 11.7. The molecule has 0 aliphatic carbocycles. The van der Waals surface area contributed by atoms with Crippen LogP contribution in [0.15, 0.2) is 243 Å². The van der Waals surface area contributed by atoms with Crippen molar-refractivity contribution >= 4 is 74.9 Å². The van der Waals surface area contributed by atoms with E-state index in [2.05, 4.69) is 229 Å². The van der Waals surface area contributed by atoms with Crippen LogP contribution in [0, 0.1) is 0 Å². The molecule has 0 atom stereocenters. The van der Waals surface area contributed by atoms with Crippen molar-refractivity contribution in [1.29, 1.82) is 0 Å². The molecule has 70 heavy (non-hydrogen) atoms. The molecule has 326 valence electrons. The lowest BCUT2D eigenvalue weighted by Crippen LogP contribution is -2.02. The largest absolute Gasteiger partial charge is 0.309 e. The molecule has 0 saturated carbocycles. The van der Waals surface area contributed by atoms with Crippen LogP contribution in [0.5, 0.6) is 0 Å². The van der Waals surface area contributed by atoms with E-state index in [1.54, 1.807) is 0 Å². The summed E-state index contributed by atoms with van der Waals surface area (Å²) < 4.78 is 4.95. The smallest absolute Gasteiger partial charge is 0.164 e. The minimum Gasteiger partial charge on any atom is -0.309 e. The van der Waals surface area contributed by atoms with Crippen molar-refractivity contribution in [3.63, 3.8) is 0 Å². The van der Waals surface area contributed by atoms with Crippen LogP contribution in [-0.4, -0.2) is 19.5 Å². The summed E-state index contributed by atoms with van der Waals surface area (Å²) in [5.41, 5.74) is 13.0. The number of para-hydroxylation sites is 1. The molecule has 0 spiro atoms. The maximum Gasteiger partial charge on any atom is 0.164 e. The van der Waals surface area contributed by atoms with Crippen LogP contribution in [0.2, 0.25) is 0 Å². The number of fused-ring (bicyclic) bond motifs is 9. The molecule has 14 rings (SSSR count). The van der Waals surface area contributed by atoms with Crippen LogP contribution in [-0.2, 0) is 0 Å². The van der Waals surface area contributed by atoms with Gasteiger partial charge in [0.25, 0.3) is 0 Å². The summed E-state index contributed by atoms with van der Waals surface area (Å²) >= 11 is 1.86. The van der Waals surface area contributed by atoms with Gasteiger partial charge in [-0.05, 0) is 103 Å². The van der Waals surface area contributed by atoms with E-state index in [4.69, 9.17) is 15.0 Å². The van der Waals surface area contributed by atoms with E-state index < -0.39 is 0 Å². The van der Waals surface area contributed by atoms with Crippen molar-refractivity contribution in [2.75, 3.05) is 0 Å². The average Bonchev–Trinajstić information content (AvgIpc) is 3.99. The topological polar surface area (TPSA) is 43.6 Å². The van der Waals surface area contributed by atoms with Gasteiger partial charge in [0.2, 0.25) is 0 Å². The summed E-state index contributed by atoms with van der Waals surface area (Å²) in [6.07, 6.45) is 0. The van der Waals surface area contributed by atoms with Crippen LogP contribution in [0.3, 0.4) is 0 Å². The molecule has 11 aromatic carbocycles. The first-order chi connectivity index (χ1) is 34.7. The molecule has 3 heterocycles. The molecule has 0 amide bonds. The minimum absolute atomic E-state index is 0.611. The summed E-state index contributed by atoms with van der Waals surface area (Å²) in [6, 6.07) is 87.1. The predicted octanol–water partition coefficient (Wildman–Crippen LogP) is 17.6. The van der Waals surface area contributed by atoms with Crippen LogP contribution < -0.4 is 0 Å². The second kappa shape index (κ2) is 16.3. The lowest BCUT2D eigenvalue weighted by molar-refractivity contribution is 1.07. The summed E-state index contributed by atoms with van der Waals surface area (Å²) in [7, 11) is 0. The Morgan fingerprint density at radius 2 is 0.814 bits per heavy atom. The fourth-order valence-corrected chi connectivity index (χ4v) is 11.7. The monoisotopic (exact) mass is 908 g/mol. The molecule has 0 fully saturated rings. The van der Waals surface area contributed by atoms with E-state index in [1.165, 1.54) is 63.6 Å². The first kappa shape index (κ1) is 40.1. The Morgan fingerprint density at radius 1 is 0.300 bits per heavy atom. The zero-order valence-electron chi connectivity index (χ0n) is 37.8. The second-order valence-electron chi connectivity index (χ2n) is 17.9. The van der Waals surface area contributed by atoms with Gasteiger partial charge in [-0.2, -0.15) is 0 Å². The third-order valence-electron chi connectivity index (χ3n) is 13.8. The molecule has 4 nitrogen and oxygen atoms in total. The summed E-state index contributed by atoms with van der Waals surface area (Å²) in [4.78, 5) is 16.0. The number of rotatable bonds is 7. The maximum absolute atomic E-state index is 5.43. The first-order valence-corrected chi connectivity index (χ1v) is 24.5. The summed E-state index contributed by atoms with van der Waals surface area (Å²) in [6.45, 7) is 0. The standard InChI is InChI=1S/C65H40N4S/c1-3-15-41(16-4-1)42-27-29-43(30-28-42)44-31-33-46(34-32-44)64-66-63(45-17-5-2-6-18-45)67-65(68-64)53-36-35-50(69-58-25-13-11-23-52(58)56-37-47-19-7-8-20-48(47)39-59(56)69)40-55(53)57-38-49-21-9-10-22-51(49)62-61(57)54-24-12-14-26-60(54)70-62/h1-40H. The van der Waals surface area contributed by atoms with Crippen molar-refractivity contribution in [3.8, 4) is 73.2 Å². The van der Waals surface area contributed by atoms with Crippen molar-refractivity contribution in [2.45, 2.75) is 0 Å². The number of hydrogen-bond acceptors (Lipinski definition) is 4. The Bertz CT molecular complexity index is 4330. The first-order valence-electron chi connectivity index (χ1n) is 23.7. The third kappa shape index (κ3) is 6.70. The van der Waals surface area contributed by atoms with Gasteiger partial charge in [0.1, 0.15) is 0 Å². The quantitative estimate of drug-likeness (QED) is 0.160. The molecule has 0 radical (unpaired) electrons. The highest BCUT2D eigenvalue weighted by atomic mass is 32.1. The molecule has 5 heteroatoms. The number of hydrogen-bond donors (Lipinski definition) is 0. The van der Waals surface area contributed by atoms with Gasteiger partial charge in [-0.1, -0.05) is 194 Å².